The van der Waals surface area contributed by atoms with E-state index >= 15 is 0 Å². The number of aromatic nitrogens is 3. The highest BCUT2D eigenvalue weighted by atomic mass is 16.5. The highest BCUT2D eigenvalue weighted by Crippen LogP contribution is 2.24. The van der Waals surface area contributed by atoms with Gasteiger partial charge in [0, 0.05) is 11.8 Å². The molecule has 2 aromatic heterocycles. The smallest absolute Gasteiger partial charge is 0.258 e. The van der Waals surface area contributed by atoms with Gasteiger partial charge in [0.15, 0.2) is 0 Å². The van der Waals surface area contributed by atoms with Crippen LogP contribution in [0.3, 0.4) is 0 Å². The second-order valence-corrected chi connectivity index (χ2v) is 4.46. The van der Waals surface area contributed by atoms with Gasteiger partial charge in [0.2, 0.25) is 5.82 Å². The zero-order valence-corrected chi connectivity index (χ0v) is 10.8. The Morgan fingerprint density at radius 2 is 1.95 bits per heavy atom. The Morgan fingerprint density at radius 3 is 2.74 bits per heavy atom. The van der Waals surface area contributed by atoms with Crippen LogP contribution < -0.4 is 0 Å². The maximum atomic E-state index is 5.34. The van der Waals surface area contributed by atoms with Crippen LogP contribution in [0.4, 0.5) is 0 Å². The number of hydrogen-bond acceptors (Lipinski definition) is 4. The van der Waals surface area contributed by atoms with Crippen LogP contribution in [0.25, 0.3) is 23.0 Å². The van der Waals surface area contributed by atoms with Crippen LogP contribution in [0.2, 0.25) is 0 Å². The molecule has 0 N–H and O–H groups in total. The van der Waals surface area contributed by atoms with Crippen molar-refractivity contribution in [2.45, 2.75) is 13.8 Å². The Balaban J connectivity index is 2.04. The van der Waals surface area contributed by atoms with Crippen molar-refractivity contribution in [3.05, 3.63) is 53.7 Å². The monoisotopic (exact) mass is 251 g/mol. The summed E-state index contributed by atoms with van der Waals surface area (Å²) in [7, 11) is 0. The van der Waals surface area contributed by atoms with E-state index < -0.39 is 0 Å². The standard InChI is InChI=1S/C15H13N3O/c1-10-6-7-11(2)12(9-10)15-17-14(18-19-15)13-5-3-4-8-16-13/h3-9H,1-2H3. The lowest BCUT2D eigenvalue weighted by Gasteiger charge is -2.01. The minimum atomic E-state index is 0.511. The van der Waals surface area contributed by atoms with Gasteiger partial charge >= 0.3 is 0 Å². The zero-order chi connectivity index (χ0) is 13.2. The van der Waals surface area contributed by atoms with Crippen LogP contribution in [0.5, 0.6) is 0 Å². The summed E-state index contributed by atoms with van der Waals surface area (Å²) in [5.41, 5.74) is 3.96. The maximum absolute atomic E-state index is 5.34. The number of nitrogens with zero attached hydrogens (tertiary/aromatic N) is 3. The molecule has 0 spiro atoms. The SMILES string of the molecule is Cc1ccc(C)c(-c2nc(-c3ccccn3)no2)c1. The predicted octanol–water partition coefficient (Wildman–Crippen LogP) is 3.42. The fourth-order valence-corrected chi connectivity index (χ4v) is 1.90. The van der Waals surface area contributed by atoms with E-state index in [1.54, 1.807) is 6.20 Å². The number of rotatable bonds is 2. The molecule has 1 aromatic carbocycles. The molecule has 3 rings (SSSR count). The molecule has 0 saturated heterocycles. The molecule has 4 heteroatoms. The van der Waals surface area contributed by atoms with E-state index in [0.717, 1.165) is 16.7 Å². The quantitative estimate of drug-likeness (QED) is 0.700. The van der Waals surface area contributed by atoms with E-state index in [9.17, 15) is 0 Å². The first-order valence-corrected chi connectivity index (χ1v) is 6.07. The number of aryl methyl sites for hydroxylation is 2. The summed E-state index contributed by atoms with van der Waals surface area (Å²) in [6.07, 6.45) is 1.71. The highest BCUT2D eigenvalue weighted by molar-refractivity contribution is 5.61. The minimum Gasteiger partial charge on any atom is -0.334 e. The third-order valence-electron chi connectivity index (χ3n) is 2.94. The van der Waals surface area contributed by atoms with Crippen LogP contribution in [0.15, 0.2) is 47.1 Å². The fourth-order valence-electron chi connectivity index (χ4n) is 1.90. The Bertz CT molecular complexity index is 704. The average molecular weight is 251 g/mol. The summed E-state index contributed by atoms with van der Waals surface area (Å²) in [6, 6.07) is 11.8. The lowest BCUT2D eigenvalue weighted by atomic mass is 10.1. The normalized spacial score (nSPS) is 10.6. The van der Waals surface area contributed by atoms with Gasteiger partial charge in [0.25, 0.3) is 5.89 Å². The second-order valence-electron chi connectivity index (χ2n) is 4.46. The van der Waals surface area contributed by atoms with Crippen LogP contribution in [0.1, 0.15) is 11.1 Å². The first kappa shape index (κ1) is 11.6. The largest absolute Gasteiger partial charge is 0.334 e. The molecule has 0 bridgehead atoms. The van der Waals surface area contributed by atoms with Crippen molar-refractivity contribution >= 4 is 0 Å². The first-order valence-electron chi connectivity index (χ1n) is 6.07. The fraction of sp³-hybridized carbons (Fsp3) is 0.133. The van der Waals surface area contributed by atoms with E-state index in [0.29, 0.717) is 17.4 Å². The molecule has 94 valence electrons. The molecular formula is C15H13N3O. The van der Waals surface area contributed by atoms with Gasteiger partial charge < -0.3 is 4.52 Å². The predicted molar refractivity (Wildman–Crippen MR) is 72.4 cm³/mol. The van der Waals surface area contributed by atoms with Gasteiger partial charge in [0.05, 0.1) is 0 Å². The highest BCUT2D eigenvalue weighted by Gasteiger charge is 2.13. The van der Waals surface area contributed by atoms with E-state index in [1.165, 1.54) is 0 Å². The molecule has 0 atom stereocenters. The summed E-state index contributed by atoms with van der Waals surface area (Å²) in [5, 5.41) is 3.98. The molecule has 19 heavy (non-hydrogen) atoms. The van der Waals surface area contributed by atoms with Crippen molar-refractivity contribution in [2.24, 2.45) is 0 Å². The van der Waals surface area contributed by atoms with Crippen molar-refractivity contribution in [1.29, 1.82) is 0 Å². The van der Waals surface area contributed by atoms with Crippen molar-refractivity contribution in [2.75, 3.05) is 0 Å². The molecule has 0 fully saturated rings. The van der Waals surface area contributed by atoms with Gasteiger partial charge in [-0.3, -0.25) is 4.98 Å². The van der Waals surface area contributed by atoms with Crippen LogP contribution in [0, 0.1) is 13.8 Å². The lowest BCUT2D eigenvalue weighted by Crippen LogP contribution is -1.86. The minimum absolute atomic E-state index is 0.511. The first-order chi connectivity index (χ1) is 9.24. The molecule has 3 aromatic rings. The van der Waals surface area contributed by atoms with Gasteiger partial charge in [-0.05, 0) is 37.6 Å². The lowest BCUT2D eigenvalue weighted by molar-refractivity contribution is 0.432. The molecule has 0 saturated carbocycles. The zero-order valence-electron chi connectivity index (χ0n) is 10.8. The van der Waals surface area contributed by atoms with Crippen molar-refractivity contribution in [3.8, 4) is 23.0 Å². The second kappa shape index (κ2) is 4.65. The third-order valence-corrected chi connectivity index (χ3v) is 2.94. The summed E-state index contributed by atoms with van der Waals surface area (Å²) in [6.45, 7) is 4.07. The number of hydrogen-bond donors (Lipinski definition) is 0. The van der Waals surface area contributed by atoms with Crippen LogP contribution in [-0.4, -0.2) is 15.1 Å². The van der Waals surface area contributed by atoms with Gasteiger partial charge in [0.1, 0.15) is 5.69 Å². The molecule has 0 aliphatic rings. The maximum Gasteiger partial charge on any atom is 0.258 e. The van der Waals surface area contributed by atoms with Crippen molar-refractivity contribution < 1.29 is 4.52 Å². The topological polar surface area (TPSA) is 51.8 Å². The van der Waals surface area contributed by atoms with Gasteiger partial charge in [-0.2, -0.15) is 4.98 Å². The summed E-state index contributed by atoms with van der Waals surface area (Å²) >= 11 is 0. The molecule has 0 aliphatic heterocycles. The molecule has 4 nitrogen and oxygen atoms in total. The summed E-state index contributed by atoms with van der Waals surface area (Å²) in [4.78, 5) is 8.62. The van der Waals surface area contributed by atoms with Gasteiger partial charge in [-0.25, -0.2) is 0 Å². The molecular weight excluding hydrogens is 238 g/mol. The van der Waals surface area contributed by atoms with Crippen molar-refractivity contribution in [3.63, 3.8) is 0 Å². The van der Waals surface area contributed by atoms with E-state index in [-0.39, 0.29) is 0 Å². The molecule has 0 amide bonds. The molecule has 0 radical (unpaired) electrons. The van der Waals surface area contributed by atoms with E-state index in [2.05, 4.69) is 27.3 Å². The third kappa shape index (κ3) is 2.25. The molecule has 0 unspecified atom stereocenters. The van der Waals surface area contributed by atoms with Crippen LogP contribution >= 0.6 is 0 Å². The van der Waals surface area contributed by atoms with Gasteiger partial charge in [-0.15, -0.1) is 0 Å². The van der Waals surface area contributed by atoms with Crippen LogP contribution in [-0.2, 0) is 0 Å². The number of pyridine rings is 1. The Hall–Kier alpha value is -2.49. The molecule has 0 aliphatic carbocycles. The van der Waals surface area contributed by atoms with Gasteiger partial charge in [-0.1, -0.05) is 28.9 Å². The number of benzene rings is 1. The van der Waals surface area contributed by atoms with E-state index in [1.807, 2.05) is 38.1 Å². The Kier molecular flexibility index (Phi) is 2.83. The average Bonchev–Trinajstić information content (AvgIpc) is 2.92. The summed E-state index contributed by atoms with van der Waals surface area (Å²) < 4.78 is 5.34. The van der Waals surface area contributed by atoms with Crippen molar-refractivity contribution in [1.82, 2.24) is 15.1 Å². The Morgan fingerprint density at radius 1 is 1.05 bits per heavy atom. The summed E-state index contributed by atoms with van der Waals surface area (Å²) in [5.74, 6) is 1.04. The Labute approximate surface area is 111 Å². The molecule has 2 heterocycles. The van der Waals surface area contributed by atoms with E-state index in [4.69, 9.17) is 4.52 Å².